The van der Waals surface area contributed by atoms with E-state index in [4.69, 9.17) is 9.47 Å². The molecule has 27 heavy (non-hydrogen) atoms. The molecule has 9 heteroatoms. The van der Waals surface area contributed by atoms with Crippen LogP contribution in [0.4, 0.5) is 5.69 Å². The lowest BCUT2D eigenvalue weighted by molar-refractivity contribution is -0.139. The number of carbonyl (C=O) groups excluding carboxylic acids is 2. The number of benzene rings is 1. The highest BCUT2D eigenvalue weighted by atomic mass is 32.2. The second-order valence-corrected chi connectivity index (χ2v) is 7.11. The lowest BCUT2D eigenvalue weighted by Gasteiger charge is -2.26. The normalized spacial score (nSPS) is 14.2. The highest BCUT2D eigenvalue weighted by Crippen LogP contribution is 2.35. The first kappa shape index (κ1) is 20.4. The number of hydrogen-bond acceptors (Lipinski definition) is 7. The SMILES string of the molecule is COC(=O)C1=C(C(=O)OC)N(c2c(C)cc(C)cc2S(=O)(=O)O)C=CC=C1. The van der Waals surface area contributed by atoms with E-state index >= 15 is 0 Å². The molecule has 2 rings (SSSR count). The quantitative estimate of drug-likeness (QED) is 0.611. The second kappa shape index (κ2) is 7.77. The molecule has 144 valence electrons. The smallest absolute Gasteiger partial charge is 0.355 e. The fourth-order valence-electron chi connectivity index (χ4n) is 2.76. The predicted octanol–water partition coefficient (Wildman–Crippen LogP) is 2.04. The lowest BCUT2D eigenvalue weighted by atomic mass is 10.1. The molecule has 0 saturated carbocycles. The van der Waals surface area contributed by atoms with Crippen LogP contribution in [0.1, 0.15) is 11.1 Å². The Morgan fingerprint density at radius 2 is 1.67 bits per heavy atom. The van der Waals surface area contributed by atoms with Gasteiger partial charge in [-0.05, 0) is 43.2 Å². The summed E-state index contributed by atoms with van der Waals surface area (Å²) in [6, 6.07) is 2.96. The first-order valence-corrected chi connectivity index (χ1v) is 9.19. The van der Waals surface area contributed by atoms with Gasteiger partial charge >= 0.3 is 11.9 Å². The molecule has 1 N–H and O–H groups in total. The minimum absolute atomic E-state index is 0.0184. The van der Waals surface area contributed by atoms with Crippen molar-refractivity contribution in [3.05, 3.63) is 59.0 Å². The number of esters is 2. The molecule has 1 aliphatic rings. The van der Waals surface area contributed by atoms with E-state index in [2.05, 4.69) is 0 Å². The van der Waals surface area contributed by atoms with E-state index < -0.39 is 27.0 Å². The van der Waals surface area contributed by atoms with Crippen molar-refractivity contribution in [3.8, 4) is 0 Å². The van der Waals surface area contributed by atoms with Crippen LogP contribution >= 0.6 is 0 Å². The molecule has 0 saturated heterocycles. The highest BCUT2D eigenvalue weighted by molar-refractivity contribution is 7.86. The lowest BCUT2D eigenvalue weighted by Crippen LogP contribution is -2.28. The molecule has 1 aliphatic heterocycles. The van der Waals surface area contributed by atoms with Gasteiger partial charge in [0.1, 0.15) is 10.6 Å². The molecular weight excluding hydrogens is 374 g/mol. The Morgan fingerprint density at radius 3 is 2.22 bits per heavy atom. The number of methoxy groups -OCH3 is 2. The Kier molecular flexibility index (Phi) is 5.87. The van der Waals surface area contributed by atoms with Crippen LogP contribution in [-0.2, 0) is 29.2 Å². The minimum Gasteiger partial charge on any atom is -0.465 e. The van der Waals surface area contributed by atoms with Gasteiger partial charge in [0.25, 0.3) is 10.1 Å². The average Bonchev–Trinajstić information content (AvgIpc) is 2.81. The second-order valence-electron chi connectivity index (χ2n) is 5.72. The van der Waals surface area contributed by atoms with E-state index in [1.54, 1.807) is 19.9 Å². The topological polar surface area (TPSA) is 110 Å². The number of ether oxygens (including phenoxy) is 2. The van der Waals surface area contributed by atoms with Crippen molar-refractivity contribution in [2.75, 3.05) is 19.1 Å². The molecule has 0 atom stereocenters. The first-order valence-electron chi connectivity index (χ1n) is 7.75. The van der Waals surface area contributed by atoms with Gasteiger partial charge in [-0.1, -0.05) is 12.1 Å². The van der Waals surface area contributed by atoms with Crippen molar-refractivity contribution in [2.45, 2.75) is 18.7 Å². The number of nitrogens with zero attached hydrogens (tertiary/aromatic N) is 1. The molecule has 0 amide bonds. The predicted molar refractivity (Wildman–Crippen MR) is 97.5 cm³/mol. The largest absolute Gasteiger partial charge is 0.465 e. The summed E-state index contributed by atoms with van der Waals surface area (Å²) in [6.07, 6.45) is 5.74. The van der Waals surface area contributed by atoms with Crippen LogP contribution < -0.4 is 4.90 Å². The van der Waals surface area contributed by atoms with E-state index in [9.17, 15) is 22.6 Å². The summed E-state index contributed by atoms with van der Waals surface area (Å²) in [5.41, 5.74) is 0.698. The van der Waals surface area contributed by atoms with Crippen molar-refractivity contribution < 1.29 is 32.0 Å². The molecule has 0 radical (unpaired) electrons. The summed E-state index contributed by atoms with van der Waals surface area (Å²) in [4.78, 5) is 25.4. The van der Waals surface area contributed by atoms with Crippen molar-refractivity contribution in [1.82, 2.24) is 0 Å². The Hall–Kier alpha value is -2.91. The van der Waals surface area contributed by atoms with Gasteiger partial charge in [-0.3, -0.25) is 4.55 Å². The zero-order chi connectivity index (χ0) is 20.4. The minimum atomic E-state index is -4.63. The van der Waals surface area contributed by atoms with Gasteiger partial charge in [-0.2, -0.15) is 8.42 Å². The third-order valence-corrected chi connectivity index (χ3v) is 4.68. The molecular formula is C18H19NO7S. The zero-order valence-electron chi connectivity index (χ0n) is 15.2. The number of allylic oxidation sites excluding steroid dienone is 2. The van der Waals surface area contributed by atoms with Gasteiger partial charge in [-0.25, -0.2) is 9.59 Å². The molecule has 0 unspecified atom stereocenters. The van der Waals surface area contributed by atoms with Gasteiger partial charge in [0.15, 0.2) is 0 Å². The fraction of sp³-hybridized carbons (Fsp3) is 0.222. The van der Waals surface area contributed by atoms with Crippen molar-refractivity contribution >= 4 is 27.7 Å². The van der Waals surface area contributed by atoms with Gasteiger partial charge in [0.05, 0.1) is 25.5 Å². The van der Waals surface area contributed by atoms with Gasteiger partial charge < -0.3 is 14.4 Å². The molecule has 0 aliphatic carbocycles. The van der Waals surface area contributed by atoms with E-state index in [0.29, 0.717) is 11.1 Å². The summed E-state index contributed by atoms with van der Waals surface area (Å²) in [5.74, 6) is -1.69. The summed E-state index contributed by atoms with van der Waals surface area (Å²) >= 11 is 0. The van der Waals surface area contributed by atoms with Crippen molar-refractivity contribution in [1.29, 1.82) is 0 Å². The van der Waals surface area contributed by atoms with Crippen LogP contribution in [0.2, 0.25) is 0 Å². The number of hydrogen-bond donors (Lipinski definition) is 1. The molecule has 0 fully saturated rings. The Bertz CT molecular complexity index is 987. The van der Waals surface area contributed by atoms with Crippen LogP contribution in [0, 0.1) is 13.8 Å². The van der Waals surface area contributed by atoms with E-state index in [-0.39, 0.29) is 17.0 Å². The monoisotopic (exact) mass is 393 g/mol. The molecule has 1 aromatic rings. The number of anilines is 1. The van der Waals surface area contributed by atoms with Crippen LogP contribution in [-0.4, -0.2) is 39.1 Å². The number of aryl methyl sites for hydroxylation is 2. The van der Waals surface area contributed by atoms with E-state index in [1.807, 2.05) is 0 Å². The van der Waals surface area contributed by atoms with Gasteiger partial charge in [-0.15, -0.1) is 0 Å². The molecule has 0 spiro atoms. The van der Waals surface area contributed by atoms with Gasteiger partial charge in [0, 0.05) is 6.20 Å². The first-order chi connectivity index (χ1) is 12.6. The summed E-state index contributed by atoms with van der Waals surface area (Å²) < 4.78 is 43.2. The van der Waals surface area contributed by atoms with Crippen LogP contribution in [0.25, 0.3) is 0 Å². The van der Waals surface area contributed by atoms with Crippen molar-refractivity contribution in [3.63, 3.8) is 0 Å². The number of carbonyl (C=O) groups is 2. The Balaban J connectivity index is 2.91. The van der Waals surface area contributed by atoms with E-state index in [1.165, 1.54) is 35.4 Å². The third kappa shape index (κ3) is 4.09. The standard InChI is InChI=1S/C18H19NO7S/c1-11-9-12(2)15(14(10-11)27(22,23)24)19-8-6-5-7-13(17(20)25-3)16(19)18(21)26-4/h5-10H,1-4H3,(H,22,23,24). The zero-order valence-corrected chi connectivity index (χ0v) is 16.0. The van der Waals surface area contributed by atoms with Crippen LogP contribution in [0.5, 0.6) is 0 Å². The van der Waals surface area contributed by atoms with Crippen LogP contribution in [0.3, 0.4) is 0 Å². The maximum absolute atomic E-state index is 12.5. The van der Waals surface area contributed by atoms with E-state index in [0.717, 1.165) is 14.2 Å². The summed E-state index contributed by atoms with van der Waals surface area (Å²) in [6.45, 7) is 3.29. The number of rotatable bonds is 4. The molecule has 1 heterocycles. The maximum atomic E-state index is 12.5. The maximum Gasteiger partial charge on any atom is 0.355 e. The third-order valence-electron chi connectivity index (χ3n) is 3.82. The van der Waals surface area contributed by atoms with Gasteiger partial charge in [0.2, 0.25) is 0 Å². The highest BCUT2D eigenvalue weighted by Gasteiger charge is 2.31. The summed E-state index contributed by atoms with van der Waals surface area (Å²) in [5, 5.41) is 0. The molecule has 8 nitrogen and oxygen atoms in total. The average molecular weight is 393 g/mol. The van der Waals surface area contributed by atoms with Crippen molar-refractivity contribution in [2.24, 2.45) is 0 Å². The Morgan fingerprint density at radius 1 is 1.04 bits per heavy atom. The molecule has 0 aromatic heterocycles. The summed E-state index contributed by atoms with van der Waals surface area (Å²) in [7, 11) is -2.34. The fourth-order valence-corrected chi connectivity index (χ4v) is 3.60. The molecule has 0 bridgehead atoms. The van der Waals surface area contributed by atoms with Crippen LogP contribution in [0.15, 0.2) is 52.7 Å². The Labute approximate surface area is 157 Å². The molecule has 1 aromatic carbocycles.